The van der Waals surface area contributed by atoms with Gasteiger partial charge in [-0.3, -0.25) is 0 Å². The van der Waals surface area contributed by atoms with E-state index in [1.54, 1.807) is 17.7 Å². The van der Waals surface area contributed by atoms with Crippen molar-refractivity contribution in [2.24, 2.45) is 0 Å². The highest BCUT2D eigenvalue weighted by molar-refractivity contribution is 5.56. The highest BCUT2D eigenvalue weighted by Crippen LogP contribution is 2.27. The second-order valence-electron chi connectivity index (χ2n) is 4.37. The standard InChI is InChI=1S/C13H13F4N3/c1-3-4-20-6-7(2)18-13(20)19-12-10(16)8(14)5-9(15)11(12)17/h5-6H,3-4H2,1-2H3,(H,18,19). The maximum absolute atomic E-state index is 13.6. The molecule has 1 heterocycles. The number of nitrogens with zero attached hydrogens (tertiary/aromatic N) is 2. The van der Waals surface area contributed by atoms with Gasteiger partial charge in [-0.25, -0.2) is 22.5 Å². The van der Waals surface area contributed by atoms with Crippen LogP contribution in [-0.4, -0.2) is 9.55 Å². The second-order valence-corrected chi connectivity index (χ2v) is 4.37. The number of halogens is 4. The van der Waals surface area contributed by atoms with Gasteiger partial charge in [0.25, 0.3) is 0 Å². The zero-order valence-electron chi connectivity index (χ0n) is 11.0. The van der Waals surface area contributed by atoms with Crippen molar-refractivity contribution in [2.45, 2.75) is 26.8 Å². The van der Waals surface area contributed by atoms with Gasteiger partial charge < -0.3 is 9.88 Å². The van der Waals surface area contributed by atoms with Crippen LogP contribution in [0.1, 0.15) is 19.0 Å². The summed E-state index contributed by atoms with van der Waals surface area (Å²) in [6.45, 7) is 4.18. The third-order valence-corrected chi connectivity index (χ3v) is 2.71. The normalized spacial score (nSPS) is 10.9. The Hall–Kier alpha value is -2.05. The number of hydrogen-bond donors (Lipinski definition) is 1. The molecule has 0 unspecified atom stereocenters. The number of benzene rings is 1. The molecule has 0 atom stereocenters. The summed E-state index contributed by atoms with van der Waals surface area (Å²) in [5, 5.41) is 2.32. The molecule has 0 saturated carbocycles. The highest BCUT2D eigenvalue weighted by atomic mass is 19.2. The van der Waals surface area contributed by atoms with Crippen molar-refractivity contribution in [1.82, 2.24) is 9.55 Å². The molecule has 2 aromatic rings. The fraction of sp³-hybridized carbons (Fsp3) is 0.308. The Morgan fingerprint density at radius 1 is 1.15 bits per heavy atom. The first kappa shape index (κ1) is 14.4. The van der Waals surface area contributed by atoms with Crippen LogP contribution in [0.2, 0.25) is 0 Å². The summed E-state index contributed by atoms with van der Waals surface area (Å²) in [4.78, 5) is 4.04. The van der Waals surface area contributed by atoms with E-state index in [4.69, 9.17) is 0 Å². The number of hydrogen-bond acceptors (Lipinski definition) is 2. The molecule has 0 aliphatic heterocycles. The van der Waals surface area contributed by atoms with E-state index in [-0.39, 0.29) is 12.0 Å². The Kier molecular flexibility index (Phi) is 3.96. The third kappa shape index (κ3) is 2.61. The number of imidazole rings is 1. The van der Waals surface area contributed by atoms with Gasteiger partial charge in [-0.2, -0.15) is 0 Å². The molecule has 0 spiro atoms. The van der Waals surface area contributed by atoms with Crippen molar-refractivity contribution in [3.05, 3.63) is 41.2 Å². The van der Waals surface area contributed by atoms with E-state index in [9.17, 15) is 17.6 Å². The molecule has 0 bridgehead atoms. The van der Waals surface area contributed by atoms with E-state index >= 15 is 0 Å². The molecule has 3 nitrogen and oxygen atoms in total. The second kappa shape index (κ2) is 5.52. The van der Waals surface area contributed by atoms with Crippen LogP contribution in [0.15, 0.2) is 12.3 Å². The number of nitrogens with one attached hydrogen (secondary N) is 1. The maximum Gasteiger partial charge on any atom is 0.207 e. The van der Waals surface area contributed by atoms with Crippen molar-refractivity contribution in [2.75, 3.05) is 5.32 Å². The molecular formula is C13H13F4N3. The monoisotopic (exact) mass is 287 g/mol. The molecule has 0 aliphatic rings. The van der Waals surface area contributed by atoms with Crippen LogP contribution in [-0.2, 0) is 6.54 Å². The molecule has 0 amide bonds. The molecule has 1 N–H and O–H groups in total. The average Bonchev–Trinajstić information content (AvgIpc) is 2.73. The van der Waals surface area contributed by atoms with Gasteiger partial charge >= 0.3 is 0 Å². The van der Waals surface area contributed by atoms with Gasteiger partial charge in [-0.1, -0.05) is 6.92 Å². The van der Waals surface area contributed by atoms with E-state index in [1.165, 1.54) is 0 Å². The topological polar surface area (TPSA) is 29.9 Å². The lowest BCUT2D eigenvalue weighted by molar-refractivity contribution is 0.459. The van der Waals surface area contributed by atoms with E-state index in [0.29, 0.717) is 12.2 Å². The summed E-state index contributed by atoms with van der Waals surface area (Å²) < 4.78 is 55.0. The minimum Gasteiger partial charge on any atom is -0.321 e. The molecule has 7 heteroatoms. The van der Waals surface area contributed by atoms with Crippen molar-refractivity contribution < 1.29 is 17.6 Å². The lowest BCUT2D eigenvalue weighted by Gasteiger charge is -2.11. The predicted molar refractivity (Wildman–Crippen MR) is 66.8 cm³/mol. The molecule has 0 aliphatic carbocycles. The van der Waals surface area contributed by atoms with E-state index in [2.05, 4.69) is 10.3 Å². The Morgan fingerprint density at radius 2 is 1.75 bits per heavy atom. The molecule has 0 saturated heterocycles. The Bertz CT molecular complexity index is 611. The van der Waals surface area contributed by atoms with Gasteiger partial charge in [0, 0.05) is 18.8 Å². The summed E-state index contributed by atoms with van der Waals surface area (Å²) in [6.07, 6.45) is 2.45. The maximum atomic E-state index is 13.6. The van der Waals surface area contributed by atoms with Crippen molar-refractivity contribution >= 4 is 11.6 Å². The molecule has 1 aromatic carbocycles. The molecular weight excluding hydrogens is 274 g/mol. The number of anilines is 2. The van der Waals surface area contributed by atoms with Crippen LogP contribution in [0.4, 0.5) is 29.2 Å². The first-order chi connectivity index (χ1) is 9.43. The average molecular weight is 287 g/mol. The first-order valence-electron chi connectivity index (χ1n) is 6.07. The van der Waals surface area contributed by atoms with Gasteiger partial charge in [-0.15, -0.1) is 0 Å². The fourth-order valence-electron chi connectivity index (χ4n) is 1.85. The predicted octanol–water partition coefficient (Wildman–Crippen LogP) is 3.90. The summed E-state index contributed by atoms with van der Waals surface area (Å²) >= 11 is 0. The Balaban J connectivity index is 2.45. The molecule has 1 aromatic heterocycles. The zero-order chi connectivity index (χ0) is 14.9. The zero-order valence-corrected chi connectivity index (χ0v) is 11.0. The van der Waals surface area contributed by atoms with E-state index in [1.807, 2.05) is 6.92 Å². The molecule has 2 rings (SSSR count). The number of aryl methyl sites for hydroxylation is 2. The largest absolute Gasteiger partial charge is 0.321 e. The minimum atomic E-state index is -1.48. The van der Waals surface area contributed by atoms with Crippen molar-refractivity contribution in [3.63, 3.8) is 0 Å². The molecule has 20 heavy (non-hydrogen) atoms. The van der Waals surface area contributed by atoms with Crippen molar-refractivity contribution in [3.8, 4) is 0 Å². The van der Waals surface area contributed by atoms with Gasteiger partial charge in [0.05, 0.1) is 5.69 Å². The van der Waals surface area contributed by atoms with Crippen LogP contribution < -0.4 is 5.32 Å². The highest BCUT2D eigenvalue weighted by Gasteiger charge is 2.20. The molecule has 0 radical (unpaired) electrons. The van der Waals surface area contributed by atoms with Crippen LogP contribution in [0.25, 0.3) is 0 Å². The Morgan fingerprint density at radius 3 is 2.30 bits per heavy atom. The number of rotatable bonds is 4. The van der Waals surface area contributed by atoms with Gasteiger partial charge in [0.15, 0.2) is 23.3 Å². The fourth-order valence-corrected chi connectivity index (χ4v) is 1.85. The van der Waals surface area contributed by atoms with Crippen LogP contribution >= 0.6 is 0 Å². The minimum absolute atomic E-state index is 0.132. The van der Waals surface area contributed by atoms with Crippen LogP contribution in [0.5, 0.6) is 0 Å². The summed E-state index contributed by atoms with van der Waals surface area (Å²) in [5.41, 5.74) is -0.260. The Labute approximate surface area is 113 Å². The quantitative estimate of drug-likeness (QED) is 0.682. The third-order valence-electron chi connectivity index (χ3n) is 2.71. The van der Waals surface area contributed by atoms with Crippen LogP contribution in [0, 0.1) is 30.2 Å². The lowest BCUT2D eigenvalue weighted by Crippen LogP contribution is -2.08. The summed E-state index contributed by atoms with van der Waals surface area (Å²) in [5.74, 6) is -5.75. The van der Waals surface area contributed by atoms with Gasteiger partial charge in [-0.05, 0) is 13.3 Å². The molecule has 108 valence electrons. The van der Waals surface area contributed by atoms with E-state index < -0.39 is 29.0 Å². The van der Waals surface area contributed by atoms with Crippen LogP contribution in [0.3, 0.4) is 0 Å². The lowest BCUT2D eigenvalue weighted by atomic mass is 10.2. The van der Waals surface area contributed by atoms with E-state index in [0.717, 1.165) is 6.42 Å². The van der Waals surface area contributed by atoms with Gasteiger partial charge in [0.1, 0.15) is 5.69 Å². The molecule has 0 fully saturated rings. The van der Waals surface area contributed by atoms with Crippen molar-refractivity contribution in [1.29, 1.82) is 0 Å². The smallest absolute Gasteiger partial charge is 0.207 e. The first-order valence-corrected chi connectivity index (χ1v) is 6.07. The van der Waals surface area contributed by atoms with Gasteiger partial charge in [0.2, 0.25) is 5.95 Å². The number of aromatic nitrogens is 2. The SMILES string of the molecule is CCCn1cc(C)nc1Nc1c(F)c(F)cc(F)c1F. The summed E-state index contributed by atoms with van der Waals surface area (Å²) in [7, 11) is 0. The summed E-state index contributed by atoms with van der Waals surface area (Å²) in [6, 6.07) is 0.166.